The van der Waals surface area contributed by atoms with Crippen LogP contribution in [0.15, 0.2) is 36.4 Å². The van der Waals surface area contributed by atoms with Gasteiger partial charge in [0.05, 0.1) is 5.56 Å². The molecule has 0 aliphatic rings. The molecule has 0 bridgehead atoms. The first-order valence-corrected chi connectivity index (χ1v) is 7.35. The van der Waals surface area contributed by atoms with Gasteiger partial charge in [-0.15, -0.1) is 0 Å². The van der Waals surface area contributed by atoms with E-state index in [0.717, 1.165) is 34.3 Å². The minimum atomic E-state index is -1.65. The molecule has 1 amide bonds. The quantitative estimate of drug-likeness (QED) is 0.727. The Morgan fingerprint density at radius 3 is 2.58 bits per heavy atom. The van der Waals surface area contributed by atoms with E-state index in [1.54, 1.807) is 0 Å². The lowest BCUT2D eigenvalue weighted by Gasteiger charge is -2.08. The van der Waals surface area contributed by atoms with Crippen molar-refractivity contribution in [1.82, 2.24) is 9.88 Å². The Kier molecular flexibility index (Phi) is 4.05. The lowest BCUT2D eigenvalue weighted by Crippen LogP contribution is -2.24. The van der Waals surface area contributed by atoms with Crippen molar-refractivity contribution in [1.29, 1.82) is 0 Å². The number of amides is 1. The summed E-state index contributed by atoms with van der Waals surface area (Å²) < 4.78 is 41.8. The van der Waals surface area contributed by atoms with Crippen molar-refractivity contribution in [3.63, 3.8) is 0 Å². The Balaban J connectivity index is 1.78. The maximum atomic E-state index is 13.6. The lowest BCUT2D eigenvalue weighted by atomic mass is 10.1. The van der Waals surface area contributed by atoms with Crippen molar-refractivity contribution < 1.29 is 18.0 Å². The zero-order valence-electron chi connectivity index (χ0n) is 13.2. The Morgan fingerprint density at radius 2 is 1.83 bits per heavy atom. The highest BCUT2D eigenvalue weighted by Crippen LogP contribution is 2.20. The summed E-state index contributed by atoms with van der Waals surface area (Å²) in [7, 11) is 1.96. The molecule has 0 saturated carbocycles. The molecule has 124 valence electrons. The number of aromatic nitrogens is 1. The van der Waals surface area contributed by atoms with E-state index >= 15 is 0 Å². The molecule has 3 rings (SSSR count). The van der Waals surface area contributed by atoms with Gasteiger partial charge in [0.15, 0.2) is 17.5 Å². The zero-order valence-corrected chi connectivity index (χ0v) is 13.2. The number of rotatable bonds is 3. The largest absolute Gasteiger partial charge is 0.348 e. The Morgan fingerprint density at radius 1 is 1.08 bits per heavy atom. The summed E-state index contributed by atoms with van der Waals surface area (Å²) in [5, 5.41) is 3.54. The molecule has 3 nitrogen and oxygen atoms in total. The van der Waals surface area contributed by atoms with Gasteiger partial charge in [-0.3, -0.25) is 4.79 Å². The fourth-order valence-corrected chi connectivity index (χ4v) is 2.63. The summed E-state index contributed by atoms with van der Waals surface area (Å²) >= 11 is 0. The van der Waals surface area contributed by atoms with Gasteiger partial charge in [0.2, 0.25) is 0 Å². The smallest absolute Gasteiger partial charge is 0.254 e. The number of nitrogens with one attached hydrogen (secondary N) is 1. The van der Waals surface area contributed by atoms with Crippen LogP contribution in [0.1, 0.15) is 21.6 Å². The number of carbonyl (C=O) groups is 1. The summed E-state index contributed by atoms with van der Waals surface area (Å²) in [5.74, 6) is -5.25. The fraction of sp³-hybridized carbons (Fsp3) is 0.167. The topological polar surface area (TPSA) is 34.0 Å². The minimum absolute atomic E-state index is 0.154. The van der Waals surface area contributed by atoms with E-state index in [0.29, 0.717) is 0 Å². The molecule has 0 spiro atoms. The van der Waals surface area contributed by atoms with E-state index in [1.165, 1.54) is 0 Å². The second-order valence-corrected chi connectivity index (χ2v) is 5.64. The van der Waals surface area contributed by atoms with Crippen LogP contribution in [-0.2, 0) is 13.6 Å². The second kappa shape index (κ2) is 6.03. The van der Waals surface area contributed by atoms with E-state index in [2.05, 4.69) is 5.32 Å². The van der Waals surface area contributed by atoms with Crippen LogP contribution in [-0.4, -0.2) is 10.5 Å². The van der Waals surface area contributed by atoms with E-state index in [1.807, 2.05) is 42.8 Å². The van der Waals surface area contributed by atoms with Crippen molar-refractivity contribution >= 4 is 16.8 Å². The average molecular weight is 332 g/mol. The molecule has 1 heterocycles. The predicted molar refractivity (Wildman–Crippen MR) is 85.1 cm³/mol. The van der Waals surface area contributed by atoms with Crippen molar-refractivity contribution in [3.8, 4) is 0 Å². The summed E-state index contributed by atoms with van der Waals surface area (Å²) in [6.07, 6.45) is 0. The van der Waals surface area contributed by atoms with Crippen LogP contribution in [0.3, 0.4) is 0 Å². The Bertz CT molecular complexity index is 947. The maximum Gasteiger partial charge on any atom is 0.254 e. The third kappa shape index (κ3) is 2.75. The number of benzene rings is 2. The number of hydrogen-bond donors (Lipinski definition) is 1. The van der Waals surface area contributed by atoms with Crippen LogP contribution < -0.4 is 5.32 Å². The first-order valence-electron chi connectivity index (χ1n) is 7.35. The van der Waals surface area contributed by atoms with Crippen LogP contribution in [0.5, 0.6) is 0 Å². The molecule has 6 heteroatoms. The van der Waals surface area contributed by atoms with Gasteiger partial charge in [0, 0.05) is 30.2 Å². The third-order valence-electron chi connectivity index (χ3n) is 4.08. The molecule has 1 aromatic heterocycles. The molecule has 24 heavy (non-hydrogen) atoms. The number of halogens is 3. The van der Waals surface area contributed by atoms with E-state index < -0.39 is 28.9 Å². The molecule has 2 aromatic carbocycles. The molecule has 1 N–H and O–H groups in total. The normalized spacial score (nSPS) is 11.0. The van der Waals surface area contributed by atoms with Crippen LogP contribution in [0.4, 0.5) is 13.2 Å². The summed E-state index contributed by atoms with van der Waals surface area (Å²) in [6.45, 7) is 2.15. The van der Waals surface area contributed by atoms with E-state index in [-0.39, 0.29) is 6.54 Å². The molecule has 0 aliphatic heterocycles. The number of nitrogens with zero attached hydrogens (tertiary/aromatic N) is 1. The zero-order chi connectivity index (χ0) is 17.4. The molecule has 0 atom stereocenters. The highest BCUT2D eigenvalue weighted by molar-refractivity contribution is 5.94. The standard InChI is InChI=1S/C18H15F3N2O/c1-10-7-12-8-11(3-6-15(12)23(10)2)9-22-18(24)13-4-5-14(19)17(21)16(13)20/h3-8H,9H2,1-2H3,(H,22,24). The molecule has 0 fully saturated rings. The van der Waals surface area contributed by atoms with Gasteiger partial charge >= 0.3 is 0 Å². The van der Waals surface area contributed by atoms with Gasteiger partial charge in [0.25, 0.3) is 5.91 Å². The van der Waals surface area contributed by atoms with Crippen molar-refractivity contribution in [3.05, 3.63) is 70.7 Å². The highest BCUT2D eigenvalue weighted by Gasteiger charge is 2.18. The van der Waals surface area contributed by atoms with Crippen molar-refractivity contribution in [2.45, 2.75) is 13.5 Å². The summed E-state index contributed by atoms with van der Waals surface area (Å²) in [6, 6.07) is 9.38. The molecule has 3 aromatic rings. The maximum absolute atomic E-state index is 13.6. The Labute approximate surface area is 136 Å². The van der Waals surface area contributed by atoms with Crippen molar-refractivity contribution in [2.75, 3.05) is 0 Å². The van der Waals surface area contributed by atoms with Gasteiger partial charge < -0.3 is 9.88 Å². The molecular formula is C18H15F3N2O. The minimum Gasteiger partial charge on any atom is -0.348 e. The summed E-state index contributed by atoms with van der Waals surface area (Å²) in [5.41, 5.74) is 2.47. The molecule has 0 saturated heterocycles. The number of aryl methyl sites for hydroxylation is 2. The van der Waals surface area contributed by atoms with Gasteiger partial charge in [-0.1, -0.05) is 6.07 Å². The number of hydrogen-bond acceptors (Lipinski definition) is 1. The first kappa shape index (κ1) is 16.1. The SMILES string of the molecule is Cc1cc2cc(CNC(=O)c3ccc(F)c(F)c3F)ccc2n1C. The van der Waals surface area contributed by atoms with E-state index in [9.17, 15) is 18.0 Å². The lowest BCUT2D eigenvalue weighted by molar-refractivity contribution is 0.0945. The molecular weight excluding hydrogens is 317 g/mol. The molecule has 0 unspecified atom stereocenters. The number of fused-ring (bicyclic) bond motifs is 1. The van der Waals surface area contributed by atoms with Crippen LogP contribution in [0.25, 0.3) is 10.9 Å². The van der Waals surface area contributed by atoms with Crippen LogP contribution in [0, 0.1) is 24.4 Å². The van der Waals surface area contributed by atoms with Crippen molar-refractivity contribution in [2.24, 2.45) is 7.05 Å². The van der Waals surface area contributed by atoms with Gasteiger partial charge in [-0.2, -0.15) is 0 Å². The molecule has 0 aliphatic carbocycles. The van der Waals surface area contributed by atoms with Gasteiger partial charge in [-0.25, -0.2) is 13.2 Å². The number of carbonyl (C=O) groups excluding carboxylic acids is 1. The predicted octanol–water partition coefficient (Wildman–Crippen LogP) is 3.83. The average Bonchev–Trinajstić information content (AvgIpc) is 2.84. The van der Waals surface area contributed by atoms with Crippen LogP contribution in [0.2, 0.25) is 0 Å². The monoisotopic (exact) mass is 332 g/mol. The second-order valence-electron chi connectivity index (χ2n) is 5.64. The fourth-order valence-electron chi connectivity index (χ4n) is 2.63. The highest BCUT2D eigenvalue weighted by atomic mass is 19.2. The summed E-state index contributed by atoms with van der Waals surface area (Å²) in [4.78, 5) is 12.0. The van der Waals surface area contributed by atoms with Crippen LogP contribution >= 0.6 is 0 Å². The van der Waals surface area contributed by atoms with Gasteiger partial charge in [0.1, 0.15) is 0 Å². The Hall–Kier alpha value is -2.76. The van der Waals surface area contributed by atoms with Gasteiger partial charge in [-0.05, 0) is 42.8 Å². The third-order valence-corrected chi connectivity index (χ3v) is 4.08. The molecule has 0 radical (unpaired) electrons. The first-order chi connectivity index (χ1) is 11.4. The van der Waals surface area contributed by atoms with E-state index in [4.69, 9.17) is 0 Å².